The van der Waals surface area contributed by atoms with Crippen LogP contribution in [-0.2, 0) is 0 Å². The largest absolute Gasteiger partial charge is 0.497 e. The lowest BCUT2D eigenvalue weighted by Gasteiger charge is -2.09. The van der Waals surface area contributed by atoms with E-state index in [1.807, 2.05) is 0 Å². The lowest BCUT2D eigenvalue weighted by Crippen LogP contribution is -2.12. The maximum absolute atomic E-state index is 12.3. The van der Waals surface area contributed by atoms with Crippen molar-refractivity contribution in [3.63, 3.8) is 0 Å². The van der Waals surface area contributed by atoms with E-state index in [4.69, 9.17) is 15.9 Å². The average molecular weight is 281 g/mol. The van der Waals surface area contributed by atoms with Gasteiger partial charge in [0, 0.05) is 22.9 Å². The standard InChI is InChI=1S/C17H15NO3/c1-4-12-6-5-7-14(8-12)18-17(19)13-9-15(20-2)11-16(10-13)21-3/h1,5-11H,2-3H3,(H,18,19). The van der Waals surface area contributed by atoms with E-state index < -0.39 is 0 Å². The number of carbonyl (C=O) groups is 1. The molecule has 0 unspecified atom stereocenters. The van der Waals surface area contributed by atoms with Crippen LogP contribution < -0.4 is 14.8 Å². The molecule has 4 heteroatoms. The van der Waals surface area contributed by atoms with E-state index >= 15 is 0 Å². The van der Waals surface area contributed by atoms with E-state index in [-0.39, 0.29) is 5.91 Å². The number of anilines is 1. The molecule has 1 amide bonds. The third-order valence-electron chi connectivity index (χ3n) is 2.90. The first-order chi connectivity index (χ1) is 10.2. The second-order valence-corrected chi connectivity index (χ2v) is 4.28. The molecule has 0 radical (unpaired) electrons. The van der Waals surface area contributed by atoms with Crippen molar-refractivity contribution in [3.8, 4) is 23.8 Å². The molecule has 2 rings (SSSR count). The van der Waals surface area contributed by atoms with Crippen LogP contribution in [0.25, 0.3) is 0 Å². The Balaban J connectivity index is 2.25. The van der Waals surface area contributed by atoms with Crippen molar-refractivity contribution in [1.29, 1.82) is 0 Å². The van der Waals surface area contributed by atoms with Crippen LogP contribution in [0, 0.1) is 12.3 Å². The number of hydrogen-bond acceptors (Lipinski definition) is 3. The molecule has 0 aliphatic rings. The number of terminal acetylenes is 1. The number of ether oxygens (including phenoxy) is 2. The van der Waals surface area contributed by atoms with Crippen LogP contribution in [-0.4, -0.2) is 20.1 Å². The highest BCUT2D eigenvalue weighted by molar-refractivity contribution is 6.04. The molecular formula is C17H15NO3. The Morgan fingerprint density at radius 1 is 1.10 bits per heavy atom. The van der Waals surface area contributed by atoms with Gasteiger partial charge in [-0.25, -0.2) is 0 Å². The van der Waals surface area contributed by atoms with Crippen molar-refractivity contribution >= 4 is 11.6 Å². The molecule has 0 aliphatic carbocycles. The van der Waals surface area contributed by atoms with Gasteiger partial charge in [0.05, 0.1) is 14.2 Å². The second-order valence-electron chi connectivity index (χ2n) is 4.28. The summed E-state index contributed by atoms with van der Waals surface area (Å²) in [6.07, 6.45) is 5.34. The minimum absolute atomic E-state index is 0.263. The Kier molecular flexibility index (Phi) is 4.47. The Bertz CT molecular complexity index is 679. The summed E-state index contributed by atoms with van der Waals surface area (Å²) in [4.78, 5) is 12.3. The van der Waals surface area contributed by atoms with E-state index in [1.54, 1.807) is 42.5 Å². The predicted octanol–water partition coefficient (Wildman–Crippen LogP) is 2.94. The Morgan fingerprint density at radius 2 is 1.76 bits per heavy atom. The van der Waals surface area contributed by atoms with Crippen molar-refractivity contribution in [2.45, 2.75) is 0 Å². The van der Waals surface area contributed by atoms with E-state index in [0.717, 1.165) is 0 Å². The molecule has 1 N–H and O–H groups in total. The van der Waals surface area contributed by atoms with Gasteiger partial charge in [-0.05, 0) is 30.3 Å². The molecule has 0 saturated carbocycles. The number of rotatable bonds is 4. The lowest BCUT2D eigenvalue weighted by atomic mass is 10.1. The SMILES string of the molecule is C#Cc1cccc(NC(=O)c2cc(OC)cc(OC)c2)c1. The van der Waals surface area contributed by atoms with Crippen molar-refractivity contribution < 1.29 is 14.3 Å². The first-order valence-electron chi connectivity index (χ1n) is 6.27. The Labute approximate surface area is 123 Å². The molecule has 2 aromatic carbocycles. The van der Waals surface area contributed by atoms with Gasteiger partial charge in [0.1, 0.15) is 11.5 Å². The first-order valence-corrected chi connectivity index (χ1v) is 6.27. The summed E-state index contributed by atoms with van der Waals surface area (Å²) in [6, 6.07) is 12.1. The molecule has 4 nitrogen and oxygen atoms in total. The van der Waals surface area contributed by atoms with Crippen LogP contribution in [0.5, 0.6) is 11.5 Å². The fourth-order valence-electron chi connectivity index (χ4n) is 1.83. The highest BCUT2D eigenvalue weighted by Gasteiger charge is 2.10. The average Bonchev–Trinajstić information content (AvgIpc) is 2.54. The van der Waals surface area contributed by atoms with E-state index in [9.17, 15) is 4.79 Å². The van der Waals surface area contributed by atoms with Crippen molar-refractivity contribution in [2.75, 3.05) is 19.5 Å². The maximum Gasteiger partial charge on any atom is 0.255 e. The first kappa shape index (κ1) is 14.5. The maximum atomic E-state index is 12.3. The summed E-state index contributed by atoms with van der Waals surface area (Å²) in [5, 5.41) is 2.79. The normalized spacial score (nSPS) is 9.57. The molecule has 0 bridgehead atoms. The molecule has 21 heavy (non-hydrogen) atoms. The van der Waals surface area contributed by atoms with Gasteiger partial charge in [-0.3, -0.25) is 4.79 Å². The summed E-state index contributed by atoms with van der Waals surface area (Å²) in [5.41, 5.74) is 1.78. The van der Waals surface area contributed by atoms with Crippen LogP contribution in [0.3, 0.4) is 0 Å². The van der Waals surface area contributed by atoms with Gasteiger partial charge in [0.25, 0.3) is 5.91 Å². The summed E-state index contributed by atoms with van der Waals surface area (Å²) >= 11 is 0. The summed E-state index contributed by atoms with van der Waals surface area (Å²) in [6.45, 7) is 0. The Hall–Kier alpha value is -2.93. The zero-order valence-corrected chi connectivity index (χ0v) is 11.8. The number of benzene rings is 2. The van der Waals surface area contributed by atoms with Crippen LogP contribution in [0.2, 0.25) is 0 Å². The smallest absolute Gasteiger partial charge is 0.255 e. The van der Waals surface area contributed by atoms with E-state index in [1.165, 1.54) is 14.2 Å². The number of carbonyl (C=O) groups excluding carboxylic acids is 1. The summed E-state index contributed by atoms with van der Waals surface area (Å²) in [7, 11) is 3.07. The van der Waals surface area contributed by atoms with Crippen LogP contribution in [0.15, 0.2) is 42.5 Å². The van der Waals surface area contributed by atoms with Gasteiger partial charge < -0.3 is 14.8 Å². The monoisotopic (exact) mass is 281 g/mol. The van der Waals surface area contributed by atoms with Crippen LogP contribution >= 0.6 is 0 Å². The topological polar surface area (TPSA) is 47.6 Å². The fraction of sp³-hybridized carbons (Fsp3) is 0.118. The van der Waals surface area contributed by atoms with Crippen molar-refractivity contribution in [1.82, 2.24) is 0 Å². The predicted molar refractivity (Wildman–Crippen MR) is 81.9 cm³/mol. The minimum atomic E-state index is -0.263. The van der Waals surface area contributed by atoms with Crippen molar-refractivity contribution in [3.05, 3.63) is 53.6 Å². The van der Waals surface area contributed by atoms with Gasteiger partial charge in [-0.15, -0.1) is 6.42 Å². The second kappa shape index (κ2) is 6.49. The van der Waals surface area contributed by atoms with Gasteiger partial charge in [-0.1, -0.05) is 12.0 Å². The van der Waals surface area contributed by atoms with Crippen molar-refractivity contribution in [2.24, 2.45) is 0 Å². The molecule has 0 saturated heterocycles. The number of hydrogen-bond donors (Lipinski definition) is 1. The molecule has 106 valence electrons. The van der Waals surface area contributed by atoms with E-state index in [2.05, 4.69) is 11.2 Å². The lowest BCUT2D eigenvalue weighted by molar-refractivity contribution is 0.102. The quantitative estimate of drug-likeness (QED) is 0.876. The number of nitrogens with one attached hydrogen (secondary N) is 1. The molecule has 2 aromatic rings. The molecule has 0 aliphatic heterocycles. The third kappa shape index (κ3) is 3.54. The summed E-state index contributed by atoms with van der Waals surface area (Å²) in [5.74, 6) is 3.37. The molecule has 0 atom stereocenters. The van der Waals surface area contributed by atoms with Crippen LogP contribution in [0.4, 0.5) is 5.69 Å². The van der Waals surface area contributed by atoms with Crippen LogP contribution in [0.1, 0.15) is 15.9 Å². The number of methoxy groups -OCH3 is 2. The zero-order valence-electron chi connectivity index (χ0n) is 11.8. The van der Waals surface area contributed by atoms with Gasteiger partial charge >= 0.3 is 0 Å². The van der Waals surface area contributed by atoms with Gasteiger partial charge in [0.2, 0.25) is 0 Å². The third-order valence-corrected chi connectivity index (χ3v) is 2.90. The highest BCUT2D eigenvalue weighted by Crippen LogP contribution is 2.23. The molecular weight excluding hydrogens is 266 g/mol. The summed E-state index contributed by atoms with van der Waals surface area (Å²) < 4.78 is 10.3. The molecule has 0 fully saturated rings. The minimum Gasteiger partial charge on any atom is -0.497 e. The van der Waals surface area contributed by atoms with E-state index in [0.29, 0.717) is 28.3 Å². The van der Waals surface area contributed by atoms with Gasteiger partial charge in [0.15, 0.2) is 0 Å². The Morgan fingerprint density at radius 3 is 2.33 bits per heavy atom. The molecule has 0 heterocycles. The molecule has 0 aromatic heterocycles. The van der Waals surface area contributed by atoms with Gasteiger partial charge in [-0.2, -0.15) is 0 Å². The fourth-order valence-corrected chi connectivity index (χ4v) is 1.83. The molecule has 0 spiro atoms. The highest BCUT2D eigenvalue weighted by atomic mass is 16.5. The number of amides is 1. The zero-order chi connectivity index (χ0) is 15.2.